The van der Waals surface area contributed by atoms with E-state index in [0.29, 0.717) is 17.6 Å². The van der Waals surface area contributed by atoms with Crippen LogP contribution in [0.5, 0.6) is 0 Å². The van der Waals surface area contributed by atoms with Gasteiger partial charge in [0.2, 0.25) is 0 Å². The highest BCUT2D eigenvalue weighted by Crippen LogP contribution is 2.40. The van der Waals surface area contributed by atoms with Gasteiger partial charge in [0.15, 0.2) is 5.78 Å². The van der Waals surface area contributed by atoms with Crippen LogP contribution < -0.4 is 5.73 Å². The molecule has 0 radical (unpaired) electrons. The summed E-state index contributed by atoms with van der Waals surface area (Å²) in [6.45, 7) is 0. The van der Waals surface area contributed by atoms with Crippen LogP contribution in [0.2, 0.25) is 0 Å². The molecule has 0 aliphatic heterocycles. The van der Waals surface area contributed by atoms with Crippen molar-refractivity contribution in [2.24, 2.45) is 17.6 Å². The Morgan fingerprint density at radius 1 is 1.44 bits per heavy atom. The zero-order chi connectivity index (χ0) is 6.43. The van der Waals surface area contributed by atoms with E-state index in [-0.39, 0.29) is 6.04 Å². The van der Waals surface area contributed by atoms with E-state index in [4.69, 9.17) is 5.73 Å². The summed E-state index contributed by atoms with van der Waals surface area (Å²) in [5.41, 5.74) is 5.61. The van der Waals surface area contributed by atoms with Crippen molar-refractivity contribution in [1.82, 2.24) is 0 Å². The van der Waals surface area contributed by atoms with Crippen molar-refractivity contribution < 1.29 is 4.79 Å². The molecule has 0 aromatic carbocycles. The third kappa shape index (κ3) is 0.568. The van der Waals surface area contributed by atoms with Crippen LogP contribution in [-0.2, 0) is 4.79 Å². The van der Waals surface area contributed by atoms with Crippen molar-refractivity contribution in [1.29, 1.82) is 0 Å². The van der Waals surface area contributed by atoms with Crippen LogP contribution in [0.15, 0.2) is 0 Å². The van der Waals surface area contributed by atoms with Gasteiger partial charge in [-0.15, -0.1) is 0 Å². The van der Waals surface area contributed by atoms with Gasteiger partial charge in [0.25, 0.3) is 0 Å². The van der Waals surface area contributed by atoms with E-state index in [9.17, 15) is 4.79 Å². The predicted molar refractivity (Wildman–Crippen MR) is 33.8 cm³/mol. The number of hydrogen-bond acceptors (Lipinski definition) is 2. The van der Waals surface area contributed by atoms with E-state index in [1.54, 1.807) is 0 Å². The number of Topliss-reactive ketones (excluding diaryl/α,β-unsaturated/α-hetero) is 1. The van der Waals surface area contributed by atoms with Crippen LogP contribution in [0, 0.1) is 11.8 Å². The Morgan fingerprint density at radius 3 is 2.56 bits per heavy atom. The maximum atomic E-state index is 11.0. The molecule has 9 heavy (non-hydrogen) atoms. The summed E-state index contributed by atoms with van der Waals surface area (Å²) in [7, 11) is 0. The normalized spacial score (nSPS) is 48.6. The average molecular weight is 125 g/mol. The Kier molecular flexibility index (Phi) is 0.943. The van der Waals surface area contributed by atoms with Crippen molar-refractivity contribution in [2.45, 2.75) is 25.3 Å². The smallest absolute Gasteiger partial charge is 0.152 e. The van der Waals surface area contributed by atoms with Gasteiger partial charge in [-0.3, -0.25) is 4.79 Å². The second-order valence-electron chi connectivity index (χ2n) is 3.20. The van der Waals surface area contributed by atoms with Gasteiger partial charge in [0.1, 0.15) is 0 Å². The summed E-state index contributed by atoms with van der Waals surface area (Å²) in [6, 6.07) is -0.0938. The lowest BCUT2D eigenvalue weighted by atomic mass is 9.95. The average Bonchev–Trinajstić information content (AvgIpc) is 2.37. The molecule has 2 fully saturated rings. The molecule has 0 aromatic heterocycles. The van der Waals surface area contributed by atoms with E-state index in [1.165, 1.54) is 6.42 Å². The Hall–Kier alpha value is -0.370. The molecule has 2 rings (SSSR count). The van der Waals surface area contributed by atoms with E-state index < -0.39 is 0 Å². The van der Waals surface area contributed by atoms with E-state index in [2.05, 4.69) is 0 Å². The molecule has 0 unspecified atom stereocenters. The van der Waals surface area contributed by atoms with Crippen LogP contribution in [0.4, 0.5) is 0 Å². The van der Waals surface area contributed by atoms with Crippen LogP contribution in [0.25, 0.3) is 0 Å². The first-order valence-electron chi connectivity index (χ1n) is 3.58. The van der Waals surface area contributed by atoms with Crippen molar-refractivity contribution in [3.05, 3.63) is 0 Å². The second-order valence-corrected chi connectivity index (χ2v) is 3.20. The van der Waals surface area contributed by atoms with Crippen LogP contribution in [0.1, 0.15) is 19.3 Å². The quantitative estimate of drug-likeness (QED) is 0.506. The number of nitrogens with two attached hydrogens (primary N) is 1. The zero-order valence-electron chi connectivity index (χ0n) is 5.34. The number of rotatable bonds is 0. The van der Waals surface area contributed by atoms with Gasteiger partial charge in [0.05, 0.1) is 6.04 Å². The predicted octanol–water partition coefficient (Wildman–Crippen LogP) is 0.313. The molecule has 2 nitrogen and oxygen atoms in total. The maximum Gasteiger partial charge on any atom is 0.152 e. The molecule has 2 heteroatoms. The molecule has 2 aliphatic carbocycles. The molecule has 3 atom stereocenters. The molecule has 2 N–H and O–H groups in total. The molecule has 50 valence electrons. The van der Waals surface area contributed by atoms with Gasteiger partial charge in [-0.1, -0.05) is 0 Å². The first kappa shape index (κ1) is 5.42. The van der Waals surface area contributed by atoms with Gasteiger partial charge < -0.3 is 5.73 Å². The summed E-state index contributed by atoms with van der Waals surface area (Å²) in [4.78, 5) is 11.0. The van der Waals surface area contributed by atoms with Gasteiger partial charge in [-0.2, -0.15) is 0 Å². The number of ketones is 1. The largest absolute Gasteiger partial charge is 0.321 e. The number of hydrogen-bond donors (Lipinski definition) is 1. The lowest BCUT2D eigenvalue weighted by molar-refractivity contribution is -0.122. The summed E-state index contributed by atoms with van der Waals surface area (Å²) in [5.74, 6) is 1.22. The molecule has 0 heterocycles. The number of fused-ring (bicyclic) bond motifs is 2. The molecular formula is C7H11NO. The van der Waals surface area contributed by atoms with E-state index in [0.717, 1.165) is 12.8 Å². The molecule has 0 amide bonds. The SMILES string of the molecule is N[C@@H]1C(=O)[C@H]2CC[C@@H]1C2. The molecule has 0 saturated heterocycles. The highest BCUT2D eigenvalue weighted by Gasteiger charge is 2.44. The topological polar surface area (TPSA) is 43.1 Å². The van der Waals surface area contributed by atoms with Crippen molar-refractivity contribution >= 4 is 5.78 Å². The molecule has 0 aromatic rings. The van der Waals surface area contributed by atoms with Crippen molar-refractivity contribution in [2.75, 3.05) is 0 Å². The summed E-state index contributed by atoms with van der Waals surface area (Å²) >= 11 is 0. The minimum absolute atomic E-state index is 0.0938. The first-order chi connectivity index (χ1) is 4.29. The fourth-order valence-electron chi connectivity index (χ4n) is 2.11. The molecular weight excluding hydrogens is 114 g/mol. The number of carbonyl (C=O) groups excluding carboxylic acids is 1. The van der Waals surface area contributed by atoms with Crippen LogP contribution >= 0.6 is 0 Å². The fraction of sp³-hybridized carbons (Fsp3) is 0.857. The van der Waals surface area contributed by atoms with Gasteiger partial charge in [-0.25, -0.2) is 0 Å². The zero-order valence-corrected chi connectivity index (χ0v) is 5.34. The summed E-state index contributed by atoms with van der Waals surface area (Å²) in [5, 5.41) is 0. The van der Waals surface area contributed by atoms with Crippen LogP contribution in [-0.4, -0.2) is 11.8 Å². The second kappa shape index (κ2) is 1.57. The molecule has 2 aliphatic rings. The summed E-state index contributed by atoms with van der Waals surface area (Å²) < 4.78 is 0. The maximum absolute atomic E-state index is 11.0. The van der Waals surface area contributed by atoms with E-state index in [1.807, 2.05) is 0 Å². The highest BCUT2D eigenvalue weighted by molar-refractivity contribution is 5.89. The van der Waals surface area contributed by atoms with Crippen LogP contribution in [0.3, 0.4) is 0 Å². The van der Waals surface area contributed by atoms with Gasteiger partial charge in [-0.05, 0) is 25.2 Å². The van der Waals surface area contributed by atoms with Gasteiger partial charge >= 0.3 is 0 Å². The minimum Gasteiger partial charge on any atom is -0.321 e. The van der Waals surface area contributed by atoms with E-state index >= 15 is 0 Å². The highest BCUT2D eigenvalue weighted by atomic mass is 16.1. The Morgan fingerprint density at radius 2 is 2.22 bits per heavy atom. The Labute approximate surface area is 54.4 Å². The third-order valence-corrected chi connectivity index (χ3v) is 2.71. The summed E-state index contributed by atoms with van der Waals surface area (Å²) in [6.07, 6.45) is 3.38. The van der Waals surface area contributed by atoms with Gasteiger partial charge in [0, 0.05) is 5.92 Å². The molecule has 2 bridgehead atoms. The lowest BCUT2D eigenvalue weighted by Crippen LogP contribution is -2.35. The standard InChI is InChI=1S/C7H11NO/c8-6-4-1-2-5(3-4)7(6)9/h4-6H,1-3,8H2/t4-,5+,6+/m1/s1. The first-order valence-corrected chi connectivity index (χ1v) is 3.58. The fourth-order valence-corrected chi connectivity index (χ4v) is 2.11. The minimum atomic E-state index is -0.0938. The molecule has 0 spiro atoms. The number of carbonyl (C=O) groups is 1. The van der Waals surface area contributed by atoms with Crippen molar-refractivity contribution in [3.8, 4) is 0 Å². The third-order valence-electron chi connectivity index (χ3n) is 2.71. The molecule has 2 saturated carbocycles. The lowest BCUT2D eigenvalue weighted by Gasteiger charge is -2.14. The monoisotopic (exact) mass is 125 g/mol. The van der Waals surface area contributed by atoms with Crippen molar-refractivity contribution in [3.63, 3.8) is 0 Å². The Bertz CT molecular complexity index is 151. The Balaban J connectivity index is 2.25.